The summed E-state index contributed by atoms with van der Waals surface area (Å²) in [4.78, 5) is 16.4. The van der Waals surface area contributed by atoms with Gasteiger partial charge in [-0.3, -0.25) is 0 Å². The van der Waals surface area contributed by atoms with Crippen LogP contribution in [-0.4, -0.2) is 18.3 Å². The van der Waals surface area contributed by atoms with Crippen molar-refractivity contribution in [2.45, 2.75) is 0 Å². The van der Waals surface area contributed by atoms with Gasteiger partial charge in [0.25, 0.3) is 0 Å². The Morgan fingerprint density at radius 1 is 1.00 bits per heavy atom. The van der Waals surface area contributed by atoms with Crippen molar-refractivity contribution in [1.29, 1.82) is 0 Å². The van der Waals surface area contributed by atoms with E-state index in [4.69, 9.17) is 4.74 Å². The van der Waals surface area contributed by atoms with E-state index in [1.165, 1.54) is 0 Å². The van der Waals surface area contributed by atoms with E-state index >= 15 is 0 Å². The predicted molar refractivity (Wildman–Crippen MR) is 78.9 cm³/mol. The van der Waals surface area contributed by atoms with Crippen molar-refractivity contribution in [3.05, 3.63) is 59.7 Å². The van der Waals surface area contributed by atoms with E-state index in [0.717, 1.165) is 22.4 Å². The third-order valence-corrected chi connectivity index (χ3v) is 3.55. The van der Waals surface area contributed by atoms with E-state index < -0.39 is 5.97 Å². The first kappa shape index (κ1) is 11.9. The molecule has 2 heterocycles. The third-order valence-electron chi connectivity index (χ3n) is 3.55. The Hall–Kier alpha value is -2.88. The van der Waals surface area contributed by atoms with Crippen LogP contribution in [0.2, 0.25) is 0 Å². The number of oxime groups is 1. The molecule has 0 spiro atoms. The SMILES string of the molecule is O=C1ON=C2COc3ccc(-c4ccccc4)cc3C=C12. The molecule has 0 fully saturated rings. The predicted octanol–water partition coefficient (Wildman–Crippen LogP) is 3.04. The summed E-state index contributed by atoms with van der Waals surface area (Å²) in [5, 5.41) is 3.74. The van der Waals surface area contributed by atoms with Crippen LogP contribution in [0.1, 0.15) is 5.56 Å². The lowest BCUT2D eigenvalue weighted by molar-refractivity contribution is -0.136. The van der Waals surface area contributed by atoms with Gasteiger partial charge >= 0.3 is 5.97 Å². The fraction of sp³-hybridized carbons (Fsp3) is 0.0588. The molecule has 0 bridgehead atoms. The highest BCUT2D eigenvalue weighted by Gasteiger charge is 2.28. The summed E-state index contributed by atoms with van der Waals surface area (Å²) in [5.41, 5.74) is 4.05. The molecular weight excluding hydrogens is 266 g/mol. The molecule has 4 nitrogen and oxygen atoms in total. The van der Waals surface area contributed by atoms with Crippen LogP contribution in [0.4, 0.5) is 0 Å². The summed E-state index contributed by atoms with van der Waals surface area (Å²) in [6.45, 7) is 0.245. The highest BCUT2D eigenvalue weighted by atomic mass is 16.7. The zero-order valence-corrected chi connectivity index (χ0v) is 11.1. The largest absolute Gasteiger partial charge is 0.487 e. The topological polar surface area (TPSA) is 47.9 Å². The summed E-state index contributed by atoms with van der Waals surface area (Å²) in [6, 6.07) is 16.0. The van der Waals surface area contributed by atoms with Crippen molar-refractivity contribution >= 4 is 17.8 Å². The minimum atomic E-state index is -0.424. The van der Waals surface area contributed by atoms with Gasteiger partial charge in [0.1, 0.15) is 18.1 Å². The summed E-state index contributed by atoms with van der Waals surface area (Å²) >= 11 is 0. The van der Waals surface area contributed by atoms with Crippen LogP contribution in [0.25, 0.3) is 17.2 Å². The second kappa shape index (κ2) is 4.59. The van der Waals surface area contributed by atoms with Gasteiger partial charge < -0.3 is 9.57 Å². The normalized spacial score (nSPS) is 15.9. The zero-order chi connectivity index (χ0) is 14.2. The van der Waals surface area contributed by atoms with Crippen molar-refractivity contribution in [3.8, 4) is 16.9 Å². The van der Waals surface area contributed by atoms with Gasteiger partial charge in [0.2, 0.25) is 0 Å². The Kier molecular flexibility index (Phi) is 2.60. The molecule has 102 valence electrons. The van der Waals surface area contributed by atoms with Crippen molar-refractivity contribution in [2.75, 3.05) is 6.61 Å². The maximum absolute atomic E-state index is 11.7. The Balaban J connectivity index is 1.83. The molecule has 2 aliphatic rings. The van der Waals surface area contributed by atoms with Crippen molar-refractivity contribution in [2.24, 2.45) is 5.16 Å². The lowest BCUT2D eigenvalue weighted by Crippen LogP contribution is -2.11. The van der Waals surface area contributed by atoms with Crippen molar-refractivity contribution < 1.29 is 14.4 Å². The number of ether oxygens (including phenoxy) is 1. The first-order valence-electron chi connectivity index (χ1n) is 6.64. The van der Waals surface area contributed by atoms with E-state index in [1.807, 2.05) is 48.5 Å². The molecule has 0 N–H and O–H groups in total. The molecule has 0 saturated heterocycles. The molecule has 2 aromatic carbocycles. The van der Waals surface area contributed by atoms with Gasteiger partial charge in [-0.15, -0.1) is 0 Å². The van der Waals surface area contributed by atoms with Gasteiger partial charge in [-0.25, -0.2) is 4.79 Å². The first-order valence-corrected chi connectivity index (χ1v) is 6.64. The molecule has 0 saturated carbocycles. The minimum Gasteiger partial charge on any atom is -0.487 e. The van der Waals surface area contributed by atoms with Crippen molar-refractivity contribution in [3.63, 3.8) is 0 Å². The number of carbonyl (C=O) groups excluding carboxylic acids is 1. The molecule has 0 unspecified atom stereocenters. The highest BCUT2D eigenvalue weighted by Crippen LogP contribution is 2.31. The summed E-state index contributed by atoms with van der Waals surface area (Å²) in [7, 11) is 0. The molecule has 2 aliphatic heterocycles. The number of hydrogen-bond acceptors (Lipinski definition) is 4. The van der Waals surface area contributed by atoms with Crippen LogP contribution in [0.5, 0.6) is 5.75 Å². The number of hydrogen-bond donors (Lipinski definition) is 0. The number of benzene rings is 2. The molecular formula is C17H11NO3. The van der Waals surface area contributed by atoms with Crippen LogP contribution in [0.3, 0.4) is 0 Å². The first-order chi connectivity index (χ1) is 10.3. The lowest BCUT2D eigenvalue weighted by atomic mass is 10.0. The Morgan fingerprint density at radius 2 is 1.86 bits per heavy atom. The average Bonchev–Trinajstić information content (AvgIpc) is 2.78. The number of rotatable bonds is 1. The quantitative estimate of drug-likeness (QED) is 0.753. The summed E-state index contributed by atoms with van der Waals surface area (Å²) in [5.74, 6) is 0.318. The lowest BCUT2D eigenvalue weighted by Gasteiger charge is -2.08. The maximum Gasteiger partial charge on any atom is 0.367 e. The molecule has 0 radical (unpaired) electrons. The average molecular weight is 277 g/mol. The molecule has 2 aromatic rings. The third kappa shape index (κ3) is 2.01. The monoisotopic (exact) mass is 277 g/mol. The van der Waals surface area contributed by atoms with Crippen molar-refractivity contribution in [1.82, 2.24) is 0 Å². The number of carbonyl (C=O) groups is 1. The Bertz CT molecular complexity index is 791. The smallest absolute Gasteiger partial charge is 0.367 e. The van der Waals surface area contributed by atoms with E-state index in [2.05, 4.69) is 9.99 Å². The van der Waals surface area contributed by atoms with Gasteiger partial charge in [0, 0.05) is 5.56 Å². The highest BCUT2D eigenvalue weighted by molar-refractivity contribution is 6.26. The minimum absolute atomic E-state index is 0.245. The molecule has 4 heteroatoms. The van der Waals surface area contributed by atoms with Crippen LogP contribution in [-0.2, 0) is 9.63 Å². The van der Waals surface area contributed by atoms with Gasteiger partial charge in [-0.1, -0.05) is 41.6 Å². The number of fused-ring (bicyclic) bond motifs is 2. The fourth-order valence-electron chi connectivity index (χ4n) is 2.46. The maximum atomic E-state index is 11.7. The molecule has 0 amide bonds. The molecule has 4 rings (SSSR count). The molecule has 21 heavy (non-hydrogen) atoms. The van der Waals surface area contributed by atoms with Crippen LogP contribution in [0, 0.1) is 0 Å². The summed E-state index contributed by atoms with van der Waals surface area (Å²) in [6.07, 6.45) is 1.78. The van der Waals surface area contributed by atoms with Gasteiger partial charge in [0.15, 0.2) is 0 Å². The molecule has 0 atom stereocenters. The van der Waals surface area contributed by atoms with E-state index in [1.54, 1.807) is 6.08 Å². The van der Waals surface area contributed by atoms with E-state index in [9.17, 15) is 4.79 Å². The summed E-state index contributed by atoms with van der Waals surface area (Å²) < 4.78 is 5.69. The van der Waals surface area contributed by atoms with E-state index in [0.29, 0.717) is 11.3 Å². The van der Waals surface area contributed by atoms with Gasteiger partial charge in [-0.2, -0.15) is 0 Å². The van der Waals surface area contributed by atoms with E-state index in [-0.39, 0.29) is 6.61 Å². The van der Waals surface area contributed by atoms with Gasteiger partial charge in [-0.05, 0) is 29.3 Å². The standard InChI is InChI=1S/C17H11NO3/c19-17-14-9-13-8-12(11-4-2-1-3-5-11)6-7-16(13)20-10-15(14)18-21-17/h1-9H,10H2. The van der Waals surface area contributed by atoms with Crippen LogP contribution in [0.15, 0.2) is 59.3 Å². The van der Waals surface area contributed by atoms with Crippen LogP contribution < -0.4 is 4.74 Å². The van der Waals surface area contributed by atoms with Gasteiger partial charge in [0.05, 0.1) is 5.57 Å². The van der Waals surface area contributed by atoms with Crippen LogP contribution >= 0.6 is 0 Å². The Labute approximate surface area is 121 Å². The molecule has 0 aliphatic carbocycles. The Morgan fingerprint density at radius 3 is 2.71 bits per heavy atom. The second-order valence-corrected chi connectivity index (χ2v) is 4.88. The molecule has 0 aromatic heterocycles. The second-order valence-electron chi connectivity index (χ2n) is 4.88. The number of nitrogens with zero attached hydrogens (tertiary/aromatic N) is 1. The zero-order valence-electron chi connectivity index (χ0n) is 11.1. The fourth-order valence-corrected chi connectivity index (χ4v) is 2.46.